The molecule has 1 saturated heterocycles. The number of benzene rings is 1. The van der Waals surface area contributed by atoms with Crippen molar-refractivity contribution in [1.29, 1.82) is 0 Å². The highest BCUT2D eigenvalue weighted by molar-refractivity contribution is 6.30. The predicted octanol–water partition coefficient (Wildman–Crippen LogP) is 3.01. The molecule has 0 bridgehead atoms. The van der Waals surface area contributed by atoms with E-state index in [0.717, 1.165) is 18.1 Å². The number of carbonyl (C=O) groups excluding carboxylic acids is 1. The van der Waals surface area contributed by atoms with Crippen molar-refractivity contribution in [2.24, 2.45) is 23.7 Å². The van der Waals surface area contributed by atoms with Crippen molar-refractivity contribution in [2.45, 2.75) is 26.3 Å². The van der Waals surface area contributed by atoms with Crippen LogP contribution in [0.5, 0.6) is 0 Å². The highest BCUT2D eigenvalue weighted by Crippen LogP contribution is 2.47. The summed E-state index contributed by atoms with van der Waals surface area (Å²) >= 11 is 5.97. The van der Waals surface area contributed by atoms with Crippen LogP contribution in [0.2, 0.25) is 5.02 Å². The molecular formula is C17H23ClN2O. The molecule has 1 aliphatic heterocycles. The minimum Gasteiger partial charge on any atom is -0.349 e. The fourth-order valence-electron chi connectivity index (χ4n) is 3.09. The fourth-order valence-corrected chi connectivity index (χ4v) is 3.21. The molecule has 0 radical (unpaired) electrons. The van der Waals surface area contributed by atoms with Crippen LogP contribution in [0.1, 0.15) is 31.9 Å². The fraction of sp³-hybridized carbons (Fsp3) is 0.588. The number of amides is 1. The standard InChI is InChI=1S/C17H23ClN2O/c1-10-7-15(10)16(12-3-5-14(18)6-4-12)20-17(21)11(2)13-8-19-9-13/h3-6,10-11,13,15-16,19H,7-9H2,1-2H3,(H,20,21). The van der Waals surface area contributed by atoms with Crippen LogP contribution in [0, 0.1) is 23.7 Å². The zero-order chi connectivity index (χ0) is 15.0. The van der Waals surface area contributed by atoms with Crippen molar-refractivity contribution < 1.29 is 4.79 Å². The van der Waals surface area contributed by atoms with Gasteiger partial charge in [-0.3, -0.25) is 4.79 Å². The monoisotopic (exact) mass is 306 g/mol. The molecule has 4 atom stereocenters. The summed E-state index contributed by atoms with van der Waals surface area (Å²) in [6.45, 7) is 6.20. The maximum absolute atomic E-state index is 12.5. The molecule has 3 nitrogen and oxygen atoms in total. The normalized spacial score (nSPS) is 27.6. The SMILES string of the molecule is CC1CC1C(NC(=O)C(C)C1CNC1)c1ccc(Cl)cc1. The molecule has 1 heterocycles. The van der Waals surface area contributed by atoms with E-state index in [1.165, 1.54) is 12.0 Å². The van der Waals surface area contributed by atoms with E-state index >= 15 is 0 Å². The van der Waals surface area contributed by atoms with Crippen LogP contribution in [0.4, 0.5) is 0 Å². The third kappa shape index (κ3) is 3.24. The first-order valence-corrected chi connectivity index (χ1v) is 8.20. The van der Waals surface area contributed by atoms with Gasteiger partial charge in [0, 0.05) is 10.9 Å². The van der Waals surface area contributed by atoms with Crippen LogP contribution in [0.3, 0.4) is 0 Å². The van der Waals surface area contributed by atoms with Gasteiger partial charge in [-0.05, 0) is 55.0 Å². The molecule has 0 aromatic heterocycles. The van der Waals surface area contributed by atoms with Gasteiger partial charge in [-0.15, -0.1) is 0 Å². The molecule has 2 fully saturated rings. The Balaban J connectivity index is 1.70. The molecule has 2 N–H and O–H groups in total. The average Bonchev–Trinajstić information content (AvgIpc) is 3.11. The summed E-state index contributed by atoms with van der Waals surface area (Å²) in [5.41, 5.74) is 1.17. The summed E-state index contributed by atoms with van der Waals surface area (Å²) in [7, 11) is 0. The van der Waals surface area contributed by atoms with Crippen molar-refractivity contribution >= 4 is 17.5 Å². The van der Waals surface area contributed by atoms with E-state index in [0.29, 0.717) is 17.8 Å². The lowest BCUT2D eigenvalue weighted by atomic mass is 9.87. The molecule has 2 aliphatic rings. The molecule has 1 saturated carbocycles. The van der Waals surface area contributed by atoms with Crippen LogP contribution in [-0.4, -0.2) is 19.0 Å². The van der Waals surface area contributed by atoms with Crippen LogP contribution >= 0.6 is 11.6 Å². The maximum Gasteiger partial charge on any atom is 0.223 e. The highest BCUT2D eigenvalue weighted by atomic mass is 35.5. The van der Waals surface area contributed by atoms with Crippen LogP contribution < -0.4 is 10.6 Å². The molecule has 0 spiro atoms. The summed E-state index contributed by atoms with van der Waals surface area (Å²) in [6.07, 6.45) is 1.19. The van der Waals surface area contributed by atoms with E-state index in [1.54, 1.807) is 0 Å². The highest BCUT2D eigenvalue weighted by Gasteiger charge is 2.42. The molecule has 1 amide bonds. The number of nitrogens with one attached hydrogen (secondary N) is 2. The van der Waals surface area contributed by atoms with Crippen LogP contribution in [-0.2, 0) is 4.79 Å². The summed E-state index contributed by atoms with van der Waals surface area (Å²) < 4.78 is 0. The molecule has 1 aliphatic carbocycles. The lowest BCUT2D eigenvalue weighted by Gasteiger charge is -2.33. The Morgan fingerprint density at radius 1 is 1.33 bits per heavy atom. The van der Waals surface area contributed by atoms with Crippen molar-refractivity contribution in [2.75, 3.05) is 13.1 Å². The van der Waals surface area contributed by atoms with Gasteiger partial charge < -0.3 is 10.6 Å². The Hall–Kier alpha value is -1.06. The van der Waals surface area contributed by atoms with Gasteiger partial charge in [0.15, 0.2) is 0 Å². The number of hydrogen-bond donors (Lipinski definition) is 2. The minimum absolute atomic E-state index is 0.0788. The smallest absolute Gasteiger partial charge is 0.223 e. The van der Waals surface area contributed by atoms with Crippen LogP contribution in [0.15, 0.2) is 24.3 Å². The first kappa shape index (κ1) is 14.9. The van der Waals surface area contributed by atoms with Gasteiger partial charge in [-0.2, -0.15) is 0 Å². The molecule has 21 heavy (non-hydrogen) atoms. The molecular weight excluding hydrogens is 284 g/mol. The van der Waals surface area contributed by atoms with E-state index < -0.39 is 0 Å². The molecule has 1 aromatic rings. The van der Waals surface area contributed by atoms with Crippen molar-refractivity contribution in [3.05, 3.63) is 34.9 Å². The Morgan fingerprint density at radius 2 is 1.95 bits per heavy atom. The Kier molecular flexibility index (Phi) is 4.23. The van der Waals surface area contributed by atoms with Gasteiger partial charge in [-0.1, -0.05) is 37.6 Å². The third-order valence-corrected chi connectivity index (χ3v) is 5.31. The quantitative estimate of drug-likeness (QED) is 0.878. The molecule has 3 rings (SSSR count). The lowest BCUT2D eigenvalue weighted by Crippen LogP contribution is -2.50. The zero-order valence-electron chi connectivity index (χ0n) is 12.6. The Labute approximate surface area is 131 Å². The second-order valence-corrected chi connectivity index (χ2v) is 7.06. The second kappa shape index (κ2) is 5.98. The topological polar surface area (TPSA) is 41.1 Å². The average molecular weight is 307 g/mol. The van der Waals surface area contributed by atoms with Gasteiger partial charge in [-0.25, -0.2) is 0 Å². The zero-order valence-corrected chi connectivity index (χ0v) is 13.4. The number of rotatable bonds is 5. The van der Waals surface area contributed by atoms with E-state index in [9.17, 15) is 4.79 Å². The van der Waals surface area contributed by atoms with Crippen molar-refractivity contribution in [3.8, 4) is 0 Å². The van der Waals surface area contributed by atoms with Gasteiger partial charge in [0.2, 0.25) is 5.91 Å². The Bertz CT molecular complexity index is 512. The van der Waals surface area contributed by atoms with Gasteiger partial charge in [0.25, 0.3) is 0 Å². The summed E-state index contributed by atoms with van der Waals surface area (Å²) in [5, 5.41) is 7.26. The van der Waals surface area contributed by atoms with E-state index in [4.69, 9.17) is 11.6 Å². The first-order chi connectivity index (χ1) is 10.1. The molecule has 1 aromatic carbocycles. The third-order valence-electron chi connectivity index (χ3n) is 5.06. The summed E-state index contributed by atoms with van der Waals surface area (Å²) in [4.78, 5) is 12.5. The maximum atomic E-state index is 12.5. The largest absolute Gasteiger partial charge is 0.349 e. The number of carbonyl (C=O) groups is 1. The first-order valence-electron chi connectivity index (χ1n) is 7.83. The van der Waals surface area contributed by atoms with Gasteiger partial charge in [0.1, 0.15) is 0 Å². The minimum atomic E-state index is 0.0788. The van der Waals surface area contributed by atoms with Gasteiger partial charge >= 0.3 is 0 Å². The summed E-state index contributed by atoms with van der Waals surface area (Å²) in [5.74, 6) is 1.98. The second-order valence-electron chi connectivity index (χ2n) is 6.62. The number of hydrogen-bond acceptors (Lipinski definition) is 2. The van der Waals surface area contributed by atoms with E-state index in [-0.39, 0.29) is 17.9 Å². The number of halogens is 1. The van der Waals surface area contributed by atoms with Crippen molar-refractivity contribution in [1.82, 2.24) is 10.6 Å². The summed E-state index contributed by atoms with van der Waals surface area (Å²) in [6, 6.07) is 8.01. The molecule has 114 valence electrons. The van der Waals surface area contributed by atoms with E-state index in [1.807, 2.05) is 31.2 Å². The van der Waals surface area contributed by atoms with Crippen LogP contribution in [0.25, 0.3) is 0 Å². The lowest BCUT2D eigenvalue weighted by molar-refractivity contribution is -0.127. The van der Waals surface area contributed by atoms with E-state index in [2.05, 4.69) is 17.6 Å². The van der Waals surface area contributed by atoms with Crippen molar-refractivity contribution in [3.63, 3.8) is 0 Å². The molecule has 4 unspecified atom stereocenters. The van der Waals surface area contributed by atoms with Gasteiger partial charge in [0.05, 0.1) is 6.04 Å². The Morgan fingerprint density at radius 3 is 2.43 bits per heavy atom. The molecule has 4 heteroatoms. The predicted molar refractivity (Wildman–Crippen MR) is 85.1 cm³/mol.